The Labute approximate surface area is 118 Å². The molecule has 8 heteroatoms. The van der Waals surface area contributed by atoms with E-state index in [1.54, 1.807) is 18.3 Å². The van der Waals surface area contributed by atoms with E-state index in [1.807, 2.05) is 18.5 Å². The van der Waals surface area contributed by atoms with Crippen LogP contribution in [0.2, 0.25) is 0 Å². The molecule has 0 aromatic carbocycles. The number of aromatic nitrogens is 2. The standard InChI is InChI=1S/C12H18N4O3S/c1-3-16-9-12(6-10(16)7-13-2)20(17,18)15-8-11-4-5-14-19-11/h4-6,9,13,15H,3,7-8H2,1-2H3. The van der Waals surface area contributed by atoms with Crippen molar-refractivity contribution in [2.45, 2.75) is 31.5 Å². The van der Waals surface area contributed by atoms with Gasteiger partial charge in [0.15, 0.2) is 5.76 Å². The minimum atomic E-state index is -3.55. The summed E-state index contributed by atoms with van der Waals surface area (Å²) in [6.07, 6.45) is 3.11. The largest absolute Gasteiger partial charge is 0.360 e. The van der Waals surface area contributed by atoms with Crippen LogP contribution >= 0.6 is 0 Å². The number of nitrogens with zero attached hydrogens (tertiary/aromatic N) is 2. The lowest BCUT2D eigenvalue weighted by Crippen LogP contribution is -2.22. The Morgan fingerprint density at radius 3 is 2.80 bits per heavy atom. The van der Waals surface area contributed by atoms with Gasteiger partial charge in [0.25, 0.3) is 0 Å². The Morgan fingerprint density at radius 2 is 2.20 bits per heavy atom. The second-order valence-corrected chi connectivity index (χ2v) is 6.05. The molecular weight excluding hydrogens is 280 g/mol. The molecule has 0 aliphatic carbocycles. The van der Waals surface area contributed by atoms with Crippen molar-refractivity contribution >= 4 is 10.0 Å². The third-order valence-electron chi connectivity index (χ3n) is 2.90. The van der Waals surface area contributed by atoms with Gasteiger partial charge in [0.2, 0.25) is 10.0 Å². The van der Waals surface area contributed by atoms with Gasteiger partial charge < -0.3 is 14.4 Å². The van der Waals surface area contributed by atoms with Crippen LogP contribution in [0.4, 0.5) is 0 Å². The Balaban J connectivity index is 2.16. The smallest absolute Gasteiger partial charge is 0.242 e. The van der Waals surface area contributed by atoms with Gasteiger partial charge in [0.05, 0.1) is 17.6 Å². The number of rotatable bonds is 7. The van der Waals surface area contributed by atoms with Gasteiger partial charge >= 0.3 is 0 Å². The number of hydrogen-bond donors (Lipinski definition) is 2. The lowest BCUT2D eigenvalue weighted by molar-refractivity contribution is 0.380. The first-order valence-corrected chi connectivity index (χ1v) is 7.78. The van der Waals surface area contributed by atoms with E-state index in [2.05, 4.69) is 15.2 Å². The summed E-state index contributed by atoms with van der Waals surface area (Å²) in [6.45, 7) is 3.39. The summed E-state index contributed by atoms with van der Waals surface area (Å²) in [5.74, 6) is 0.471. The summed E-state index contributed by atoms with van der Waals surface area (Å²) in [4.78, 5) is 0.254. The lowest BCUT2D eigenvalue weighted by Gasteiger charge is -2.03. The maximum atomic E-state index is 12.2. The van der Waals surface area contributed by atoms with Gasteiger partial charge in [-0.05, 0) is 20.0 Å². The highest BCUT2D eigenvalue weighted by atomic mass is 32.2. The molecule has 20 heavy (non-hydrogen) atoms. The molecule has 2 rings (SSSR count). The molecule has 0 saturated heterocycles. The molecule has 0 fully saturated rings. The molecular formula is C12H18N4O3S. The van der Waals surface area contributed by atoms with Crippen molar-refractivity contribution in [2.24, 2.45) is 0 Å². The quantitative estimate of drug-likeness (QED) is 0.785. The first-order chi connectivity index (χ1) is 9.56. The van der Waals surface area contributed by atoms with Crippen molar-refractivity contribution < 1.29 is 12.9 Å². The zero-order chi connectivity index (χ0) is 14.6. The molecule has 0 unspecified atom stereocenters. The first-order valence-electron chi connectivity index (χ1n) is 6.29. The van der Waals surface area contributed by atoms with E-state index in [1.165, 1.54) is 6.20 Å². The Kier molecular flexibility index (Phi) is 4.58. The fourth-order valence-corrected chi connectivity index (χ4v) is 2.93. The van der Waals surface area contributed by atoms with Gasteiger partial charge in [-0.3, -0.25) is 0 Å². The van der Waals surface area contributed by atoms with Crippen LogP contribution in [-0.4, -0.2) is 25.2 Å². The van der Waals surface area contributed by atoms with E-state index in [-0.39, 0.29) is 11.4 Å². The molecule has 0 saturated carbocycles. The monoisotopic (exact) mass is 298 g/mol. The van der Waals surface area contributed by atoms with E-state index in [0.29, 0.717) is 18.8 Å². The summed E-state index contributed by atoms with van der Waals surface area (Å²) in [5, 5.41) is 6.55. The molecule has 2 N–H and O–H groups in total. The fourth-order valence-electron chi connectivity index (χ4n) is 1.88. The van der Waals surface area contributed by atoms with E-state index in [4.69, 9.17) is 4.52 Å². The average molecular weight is 298 g/mol. The van der Waals surface area contributed by atoms with Gasteiger partial charge in [-0.2, -0.15) is 0 Å². The second kappa shape index (κ2) is 6.21. The molecule has 0 amide bonds. The van der Waals surface area contributed by atoms with Crippen LogP contribution < -0.4 is 10.0 Å². The second-order valence-electron chi connectivity index (χ2n) is 4.29. The Morgan fingerprint density at radius 1 is 1.40 bits per heavy atom. The van der Waals surface area contributed by atoms with Crippen LogP contribution in [-0.2, 0) is 29.7 Å². The molecule has 7 nitrogen and oxygen atoms in total. The van der Waals surface area contributed by atoms with Gasteiger partial charge in [0, 0.05) is 31.0 Å². The van der Waals surface area contributed by atoms with E-state index >= 15 is 0 Å². The molecule has 0 spiro atoms. The summed E-state index contributed by atoms with van der Waals surface area (Å²) < 4.78 is 33.7. The normalized spacial score (nSPS) is 11.9. The van der Waals surface area contributed by atoms with Crippen LogP contribution in [0.15, 0.2) is 33.9 Å². The van der Waals surface area contributed by atoms with Crippen LogP contribution in [0.3, 0.4) is 0 Å². The summed E-state index contributed by atoms with van der Waals surface area (Å²) in [6, 6.07) is 3.29. The van der Waals surface area contributed by atoms with Crippen molar-refractivity contribution in [2.75, 3.05) is 7.05 Å². The maximum Gasteiger partial charge on any atom is 0.242 e. The molecule has 0 aliphatic heterocycles. The minimum absolute atomic E-state index is 0.0843. The Bertz CT molecular complexity index is 646. The molecule has 2 aromatic rings. The molecule has 2 aromatic heterocycles. The third kappa shape index (κ3) is 3.27. The number of sulfonamides is 1. The van der Waals surface area contributed by atoms with E-state index < -0.39 is 10.0 Å². The Hall–Kier alpha value is -1.64. The van der Waals surface area contributed by atoms with Gasteiger partial charge in [-0.15, -0.1) is 0 Å². The van der Waals surface area contributed by atoms with Gasteiger partial charge in [-0.1, -0.05) is 5.16 Å². The van der Waals surface area contributed by atoms with Crippen molar-refractivity contribution in [1.29, 1.82) is 0 Å². The molecule has 2 heterocycles. The predicted molar refractivity (Wildman–Crippen MR) is 73.4 cm³/mol. The van der Waals surface area contributed by atoms with Gasteiger partial charge in [0.1, 0.15) is 0 Å². The fraction of sp³-hybridized carbons (Fsp3) is 0.417. The van der Waals surface area contributed by atoms with Gasteiger partial charge in [-0.25, -0.2) is 13.1 Å². The van der Waals surface area contributed by atoms with Crippen LogP contribution in [0.25, 0.3) is 0 Å². The molecule has 0 atom stereocenters. The maximum absolute atomic E-state index is 12.2. The minimum Gasteiger partial charge on any atom is -0.360 e. The highest BCUT2D eigenvalue weighted by molar-refractivity contribution is 7.89. The summed E-state index contributed by atoms with van der Waals surface area (Å²) in [5.41, 5.74) is 0.926. The van der Waals surface area contributed by atoms with E-state index in [0.717, 1.165) is 5.69 Å². The lowest BCUT2D eigenvalue weighted by atomic mass is 10.4. The summed E-state index contributed by atoms with van der Waals surface area (Å²) >= 11 is 0. The highest BCUT2D eigenvalue weighted by Crippen LogP contribution is 2.15. The van der Waals surface area contributed by atoms with Crippen LogP contribution in [0.5, 0.6) is 0 Å². The number of nitrogens with one attached hydrogen (secondary N) is 2. The molecule has 110 valence electrons. The topological polar surface area (TPSA) is 89.2 Å². The van der Waals surface area contributed by atoms with Crippen LogP contribution in [0, 0.1) is 0 Å². The highest BCUT2D eigenvalue weighted by Gasteiger charge is 2.18. The molecule has 0 radical (unpaired) electrons. The average Bonchev–Trinajstić information content (AvgIpc) is 3.06. The summed E-state index contributed by atoms with van der Waals surface area (Å²) in [7, 11) is -1.73. The molecule has 0 aliphatic rings. The van der Waals surface area contributed by atoms with Crippen molar-refractivity contribution in [1.82, 2.24) is 19.8 Å². The zero-order valence-electron chi connectivity index (χ0n) is 11.5. The van der Waals surface area contributed by atoms with Crippen molar-refractivity contribution in [3.8, 4) is 0 Å². The van der Waals surface area contributed by atoms with E-state index in [9.17, 15) is 8.42 Å². The number of aryl methyl sites for hydroxylation is 1. The van der Waals surface area contributed by atoms with Crippen molar-refractivity contribution in [3.63, 3.8) is 0 Å². The first kappa shape index (κ1) is 14.8. The molecule has 0 bridgehead atoms. The third-order valence-corrected chi connectivity index (χ3v) is 4.27. The van der Waals surface area contributed by atoms with Crippen molar-refractivity contribution in [3.05, 3.63) is 36.0 Å². The van der Waals surface area contributed by atoms with Crippen LogP contribution in [0.1, 0.15) is 18.4 Å². The number of hydrogen-bond acceptors (Lipinski definition) is 5. The SMILES string of the molecule is CCn1cc(S(=O)(=O)NCc2ccno2)cc1CNC. The zero-order valence-corrected chi connectivity index (χ0v) is 12.3. The predicted octanol–water partition coefficient (Wildman–Crippen LogP) is 0.694.